The van der Waals surface area contributed by atoms with E-state index in [-0.39, 0.29) is 6.04 Å². The summed E-state index contributed by atoms with van der Waals surface area (Å²) in [6.45, 7) is 5.07. The third-order valence-corrected chi connectivity index (χ3v) is 1.65. The zero-order valence-corrected chi connectivity index (χ0v) is 8.24. The summed E-state index contributed by atoms with van der Waals surface area (Å²) in [7, 11) is 0. The predicted octanol–water partition coefficient (Wildman–Crippen LogP) is 1.05. The van der Waals surface area contributed by atoms with Crippen LogP contribution in [0.3, 0.4) is 0 Å². The molecule has 1 amide bonds. The molecule has 1 saturated heterocycles. The molecular formula is C8H15F3N2O. The number of alkyl halides is 3. The zero-order chi connectivity index (χ0) is 11.2. The summed E-state index contributed by atoms with van der Waals surface area (Å²) in [4.78, 5) is 10.4. The monoisotopic (exact) mass is 212 g/mol. The molecular weight excluding hydrogens is 197 g/mol. The van der Waals surface area contributed by atoms with Crippen LogP contribution in [0.15, 0.2) is 0 Å². The van der Waals surface area contributed by atoms with Crippen LogP contribution >= 0.6 is 0 Å². The molecule has 84 valence electrons. The van der Waals surface area contributed by atoms with Gasteiger partial charge in [0.2, 0.25) is 0 Å². The standard InChI is InChI=1S/C6H9F3N2O.C2H6/c7-6(8,9)5(12)11-4-1-2-10-3-4;1-2/h4,10H,1-3H2,(H,11,12);1-2H3. The van der Waals surface area contributed by atoms with Gasteiger partial charge in [-0.3, -0.25) is 4.79 Å². The van der Waals surface area contributed by atoms with Crippen LogP contribution in [0.25, 0.3) is 0 Å². The topological polar surface area (TPSA) is 41.1 Å². The summed E-state index contributed by atoms with van der Waals surface area (Å²) < 4.78 is 35.0. The van der Waals surface area contributed by atoms with Crippen molar-refractivity contribution >= 4 is 5.91 Å². The van der Waals surface area contributed by atoms with Crippen molar-refractivity contribution in [2.45, 2.75) is 32.5 Å². The average Bonchev–Trinajstić information content (AvgIpc) is 2.59. The number of hydrogen-bond acceptors (Lipinski definition) is 2. The molecule has 1 rings (SSSR count). The number of rotatable bonds is 1. The lowest BCUT2D eigenvalue weighted by Gasteiger charge is -2.12. The Morgan fingerprint density at radius 2 is 2.00 bits per heavy atom. The van der Waals surface area contributed by atoms with Gasteiger partial charge in [0.25, 0.3) is 0 Å². The van der Waals surface area contributed by atoms with Crippen molar-refractivity contribution in [1.29, 1.82) is 0 Å². The SMILES string of the molecule is CC.O=C(NC1CCNC1)C(F)(F)F. The molecule has 1 aliphatic heterocycles. The molecule has 1 aliphatic rings. The first-order chi connectivity index (χ1) is 6.50. The van der Waals surface area contributed by atoms with Crippen LogP contribution in [-0.4, -0.2) is 31.2 Å². The number of carbonyl (C=O) groups is 1. The molecule has 0 aromatic rings. The maximum Gasteiger partial charge on any atom is 0.471 e. The van der Waals surface area contributed by atoms with Crippen LogP contribution < -0.4 is 10.6 Å². The van der Waals surface area contributed by atoms with Crippen LogP contribution in [0.1, 0.15) is 20.3 Å². The van der Waals surface area contributed by atoms with Crippen molar-refractivity contribution in [2.75, 3.05) is 13.1 Å². The Morgan fingerprint density at radius 1 is 1.43 bits per heavy atom. The van der Waals surface area contributed by atoms with Gasteiger partial charge in [0.15, 0.2) is 0 Å². The van der Waals surface area contributed by atoms with Crippen molar-refractivity contribution in [2.24, 2.45) is 0 Å². The molecule has 0 aromatic carbocycles. The van der Waals surface area contributed by atoms with E-state index in [4.69, 9.17) is 0 Å². The summed E-state index contributed by atoms with van der Waals surface area (Å²) in [5.41, 5.74) is 0. The number of halogens is 3. The fourth-order valence-electron chi connectivity index (χ4n) is 1.05. The Bertz CT molecular complexity index is 176. The van der Waals surface area contributed by atoms with Crippen molar-refractivity contribution in [1.82, 2.24) is 10.6 Å². The summed E-state index contributed by atoms with van der Waals surface area (Å²) in [5.74, 6) is -1.85. The highest BCUT2D eigenvalue weighted by atomic mass is 19.4. The van der Waals surface area contributed by atoms with Gasteiger partial charge >= 0.3 is 12.1 Å². The van der Waals surface area contributed by atoms with Gasteiger partial charge < -0.3 is 10.6 Å². The highest BCUT2D eigenvalue weighted by molar-refractivity contribution is 5.81. The van der Waals surface area contributed by atoms with Gasteiger partial charge in [0.05, 0.1) is 0 Å². The summed E-state index contributed by atoms with van der Waals surface area (Å²) in [5, 5.41) is 4.74. The zero-order valence-electron chi connectivity index (χ0n) is 8.24. The van der Waals surface area contributed by atoms with E-state index < -0.39 is 12.1 Å². The third-order valence-electron chi connectivity index (χ3n) is 1.65. The highest BCUT2D eigenvalue weighted by Gasteiger charge is 2.39. The molecule has 14 heavy (non-hydrogen) atoms. The molecule has 0 spiro atoms. The molecule has 1 unspecified atom stereocenters. The molecule has 0 aliphatic carbocycles. The van der Waals surface area contributed by atoms with E-state index in [1.807, 2.05) is 19.2 Å². The van der Waals surface area contributed by atoms with Crippen LogP contribution in [0.5, 0.6) is 0 Å². The van der Waals surface area contributed by atoms with Crippen molar-refractivity contribution in [3.63, 3.8) is 0 Å². The van der Waals surface area contributed by atoms with E-state index in [9.17, 15) is 18.0 Å². The van der Waals surface area contributed by atoms with Gasteiger partial charge in [-0.15, -0.1) is 0 Å². The van der Waals surface area contributed by atoms with Crippen molar-refractivity contribution in [3.05, 3.63) is 0 Å². The lowest BCUT2D eigenvalue weighted by Crippen LogP contribution is -2.43. The minimum absolute atomic E-state index is 0.376. The highest BCUT2D eigenvalue weighted by Crippen LogP contribution is 2.15. The minimum Gasteiger partial charge on any atom is -0.344 e. The van der Waals surface area contributed by atoms with Crippen LogP contribution in [-0.2, 0) is 4.79 Å². The van der Waals surface area contributed by atoms with Gasteiger partial charge in [0, 0.05) is 12.6 Å². The van der Waals surface area contributed by atoms with Gasteiger partial charge in [0.1, 0.15) is 0 Å². The Labute approximate surface area is 81.1 Å². The van der Waals surface area contributed by atoms with E-state index in [2.05, 4.69) is 5.32 Å². The molecule has 1 fully saturated rings. The van der Waals surface area contributed by atoms with E-state index in [1.54, 1.807) is 0 Å². The fraction of sp³-hybridized carbons (Fsp3) is 0.875. The predicted molar refractivity (Wildman–Crippen MR) is 46.8 cm³/mol. The molecule has 0 aromatic heterocycles. The third kappa shape index (κ3) is 4.45. The normalized spacial score (nSPS) is 21.1. The fourth-order valence-corrected chi connectivity index (χ4v) is 1.05. The molecule has 0 saturated carbocycles. The van der Waals surface area contributed by atoms with Gasteiger partial charge in [-0.2, -0.15) is 13.2 Å². The maximum atomic E-state index is 11.7. The number of nitrogens with one attached hydrogen (secondary N) is 2. The number of carbonyl (C=O) groups excluding carboxylic acids is 1. The number of amides is 1. The van der Waals surface area contributed by atoms with E-state index >= 15 is 0 Å². The lowest BCUT2D eigenvalue weighted by molar-refractivity contribution is -0.174. The second-order valence-electron chi connectivity index (χ2n) is 2.66. The lowest BCUT2D eigenvalue weighted by atomic mass is 10.2. The van der Waals surface area contributed by atoms with E-state index in [0.29, 0.717) is 19.5 Å². The van der Waals surface area contributed by atoms with Crippen molar-refractivity contribution in [3.8, 4) is 0 Å². The molecule has 0 radical (unpaired) electrons. The van der Waals surface area contributed by atoms with Crippen LogP contribution in [0.4, 0.5) is 13.2 Å². The van der Waals surface area contributed by atoms with Crippen LogP contribution in [0.2, 0.25) is 0 Å². The van der Waals surface area contributed by atoms with Gasteiger partial charge in [-0.1, -0.05) is 13.8 Å². The molecule has 1 heterocycles. The maximum absolute atomic E-state index is 11.7. The summed E-state index contributed by atoms with van der Waals surface area (Å²) in [6, 6.07) is -0.376. The first kappa shape index (κ1) is 13.2. The largest absolute Gasteiger partial charge is 0.471 e. The van der Waals surface area contributed by atoms with E-state index in [0.717, 1.165) is 0 Å². The van der Waals surface area contributed by atoms with E-state index in [1.165, 1.54) is 0 Å². The smallest absolute Gasteiger partial charge is 0.344 e. The molecule has 2 N–H and O–H groups in total. The van der Waals surface area contributed by atoms with Crippen LogP contribution in [0, 0.1) is 0 Å². The van der Waals surface area contributed by atoms with Gasteiger partial charge in [-0.05, 0) is 13.0 Å². The molecule has 1 atom stereocenters. The first-order valence-electron chi connectivity index (χ1n) is 4.58. The summed E-state index contributed by atoms with van der Waals surface area (Å²) >= 11 is 0. The molecule has 6 heteroatoms. The summed E-state index contributed by atoms with van der Waals surface area (Å²) in [6.07, 6.45) is -4.20. The minimum atomic E-state index is -4.76. The second kappa shape index (κ2) is 5.85. The Morgan fingerprint density at radius 3 is 2.36 bits per heavy atom. The van der Waals surface area contributed by atoms with Gasteiger partial charge in [-0.25, -0.2) is 0 Å². The molecule has 3 nitrogen and oxygen atoms in total. The Kier molecular flexibility index (Phi) is 5.52. The average molecular weight is 212 g/mol. The Hall–Kier alpha value is -0.780. The quantitative estimate of drug-likeness (QED) is 0.682. The first-order valence-corrected chi connectivity index (χ1v) is 4.58. The molecule has 0 bridgehead atoms. The Balaban J connectivity index is 0.000000791. The second-order valence-corrected chi connectivity index (χ2v) is 2.66. The van der Waals surface area contributed by atoms with Crippen molar-refractivity contribution < 1.29 is 18.0 Å². The number of hydrogen-bond donors (Lipinski definition) is 2.